The van der Waals surface area contributed by atoms with Gasteiger partial charge in [0.1, 0.15) is 0 Å². The van der Waals surface area contributed by atoms with E-state index in [9.17, 15) is 18.0 Å². The minimum atomic E-state index is -3.34. The van der Waals surface area contributed by atoms with Gasteiger partial charge in [0, 0.05) is 29.5 Å². The van der Waals surface area contributed by atoms with Crippen LogP contribution >= 0.6 is 0 Å². The van der Waals surface area contributed by atoms with Crippen molar-refractivity contribution in [3.63, 3.8) is 0 Å². The maximum atomic E-state index is 12.6. The van der Waals surface area contributed by atoms with Gasteiger partial charge in [-0.15, -0.1) is 0 Å². The molecule has 1 saturated carbocycles. The predicted octanol–water partition coefficient (Wildman–Crippen LogP) is 2.75. The van der Waals surface area contributed by atoms with E-state index in [1.807, 2.05) is 0 Å². The predicted molar refractivity (Wildman–Crippen MR) is 114 cm³/mol. The summed E-state index contributed by atoms with van der Waals surface area (Å²) in [5.74, 6) is 0.702. The Morgan fingerprint density at radius 3 is 2.45 bits per heavy atom. The minimum absolute atomic E-state index is 0.00413. The molecule has 2 aromatic rings. The third kappa shape index (κ3) is 4.99. The molecule has 0 saturated heterocycles. The molecule has 0 unspecified atom stereocenters. The first kappa shape index (κ1) is 21.2. The molecule has 164 valence electrons. The fraction of sp³-hybridized carbons (Fsp3) is 0.364. The van der Waals surface area contributed by atoms with E-state index in [2.05, 4.69) is 10.6 Å². The van der Waals surface area contributed by atoms with Crippen LogP contribution in [0, 0.1) is 5.92 Å². The number of nitrogens with one attached hydrogen (secondary N) is 2. The SMILES string of the molecule is CS(=O)(=O)c1cccc(NC(=O)C2CCC(NC(=O)c3ccc4c(c3)OCO4)CC2)c1. The quantitative estimate of drug-likeness (QED) is 0.734. The van der Waals surface area contributed by atoms with Crippen LogP contribution in [-0.4, -0.2) is 39.3 Å². The topological polar surface area (TPSA) is 111 Å². The van der Waals surface area contributed by atoms with E-state index >= 15 is 0 Å². The first-order valence-electron chi connectivity index (χ1n) is 10.1. The van der Waals surface area contributed by atoms with Gasteiger partial charge in [-0.1, -0.05) is 6.07 Å². The van der Waals surface area contributed by atoms with Gasteiger partial charge in [-0.05, 0) is 62.1 Å². The van der Waals surface area contributed by atoms with E-state index < -0.39 is 9.84 Å². The van der Waals surface area contributed by atoms with Crippen LogP contribution < -0.4 is 20.1 Å². The number of amides is 2. The molecule has 1 fully saturated rings. The van der Waals surface area contributed by atoms with Crippen LogP contribution in [0.15, 0.2) is 47.4 Å². The first-order chi connectivity index (χ1) is 14.8. The molecule has 8 nitrogen and oxygen atoms in total. The van der Waals surface area contributed by atoms with Crippen molar-refractivity contribution in [3.8, 4) is 11.5 Å². The molecule has 1 aliphatic heterocycles. The van der Waals surface area contributed by atoms with E-state index in [-0.39, 0.29) is 35.5 Å². The number of hydrogen-bond acceptors (Lipinski definition) is 6. The van der Waals surface area contributed by atoms with Crippen molar-refractivity contribution in [2.24, 2.45) is 5.92 Å². The summed E-state index contributed by atoms with van der Waals surface area (Å²) in [6, 6.07) is 11.3. The van der Waals surface area contributed by atoms with Crippen molar-refractivity contribution in [1.29, 1.82) is 0 Å². The van der Waals surface area contributed by atoms with Gasteiger partial charge in [-0.25, -0.2) is 8.42 Å². The fourth-order valence-electron chi connectivity index (χ4n) is 3.86. The highest BCUT2D eigenvalue weighted by Crippen LogP contribution is 2.33. The number of benzene rings is 2. The lowest BCUT2D eigenvalue weighted by Gasteiger charge is -2.28. The number of fused-ring (bicyclic) bond motifs is 1. The molecule has 31 heavy (non-hydrogen) atoms. The fourth-order valence-corrected chi connectivity index (χ4v) is 4.52. The molecule has 1 heterocycles. The first-order valence-corrected chi connectivity index (χ1v) is 12.0. The van der Waals surface area contributed by atoms with Crippen LogP contribution in [0.3, 0.4) is 0 Å². The van der Waals surface area contributed by atoms with Gasteiger partial charge in [0.25, 0.3) is 5.91 Å². The minimum Gasteiger partial charge on any atom is -0.454 e. The van der Waals surface area contributed by atoms with Crippen molar-refractivity contribution in [2.75, 3.05) is 18.4 Å². The second kappa shape index (κ2) is 8.58. The van der Waals surface area contributed by atoms with Crippen LogP contribution in [0.5, 0.6) is 11.5 Å². The summed E-state index contributed by atoms with van der Waals surface area (Å²) >= 11 is 0. The Bertz CT molecular complexity index is 1110. The molecular weight excluding hydrogens is 420 g/mol. The number of rotatable bonds is 5. The number of sulfone groups is 1. The molecule has 2 aliphatic rings. The number of ether oxygens (including phenoxy) is 2. The highest BCUT2D eigenvalue weighted by atomic mass is 32.2. The lowest BCUT2D eigenvalue weighted by Crippen LogP contribution is -2.39. The molecule has 2 N–H and O–H groups in total. The zero-order valence-corrected chi connectivity index (χ0v) is 17.9. The molecular formula is C22H24N2O6S. The summed E-state index contributed by atoms with van der Waals surface area (Å²) in [5, 5.41) is 5.84. The molecule has 0 spiro atoms. The maximum Gasteiger partial charge on any atom is 0.251 e. The van der Waals surface area contributed by atoms with Gasteiger partial charge in [-0.2, -0.15) is 0 Å². The van der Waals surface area contributed by atoms with Crippen LogP contribution in [0.1, 0.15) is 36.0 Å². The van der Waals surface area contributed by atoms with Gasteiger partial charge in [0.05, 0.1) is 4.90 Å². The molecule has 0 atom stereocenters. The monoisotopic (exact) mass is 444 g/mol. The zero-order valence-electron chi connectivity index (χ0n) is 17.1. The number of hydrogen-bond donors (Lipinski definition) is 2. The Hall–Kier alpha value is -3.07. The number of carbonyl (C=O) groups excluding carboxylic acids is 2. The highest BCUT2D eigenvalue weighted by molar-refractivity contribution is 7.90. The third-order valence-electron chi connectivity index (χ3n) is 5.60. The van der Waals surface area contributed by atoms with E-state index in [0.29, 0.717) is 48.4 Å². The van der Waals surface area contributed by atoms with Crippen molar-refractivity contribution >= 4 is 27.3 Å². The van der Waals surface area contributed by atoms with E-state index in [4.69, 9.17) is 9.47 Å². The lowest BCUT2D eigenvalue weighted by atomic mass is 9.85. The number of anilines is 1. The summed E-state index contributed by atoms with van der Waals surface area (Å²) in [7, 11) is -3.34. The summed E-state index contributed by atoms with van der Waals surface area (Å²) in [6.45, 7) is 0.158. The third-order valence-corrected chi connectivity index (χ3v) is 6.71. The summed E-state index contributed by atoms with van der Waals surface area (Å²) in [6.07, 6.45) is 3.80. The zero-order chi connectivity index (χ0) is 22.0. The second-order valence-electron chi connectivity index (χ2n) is 7.88. The Balaban J connectivity index is 1.29. The summed E-state index contributed by atoms with van der Waals surface area (Å²) < 4.78 is 34.0. The molecule has 0 aromatic heterocycles. The summed E-state index contributed by atoms with van der Waals surface area (Å²) in [4.78, 5) is 25.3. The molecule has 4 rings (SSSR count). The molecule has 0 bridgehead atoms. The Kier molecular flexibility index (Phi) is 5.86. The lowest BCUT2D eigenvalue weighted by molar-refractivity contribution is -0.120. The molecule has 1 aliphatic carbocycles. The second-order valence-corrected chi connectivity index (χ2v) is 9.90. The van der Waals surface area contributed by atoms with Gasteiger partial charge >= 0.3 is 0 Å². The van der Waals surface area contributed by atoms with Gasteiger partial charge < -0.3 is 20.1 Å². The van der Waals surface area contributed by atoms with Crippen molar-refractivity contribution in [1.82, 2.24) is 5.32 Å². The van der Waals surface area contributed by atoms with Gasteiger partial charge in [0.2, 0.25) is 12.7 Å². The normalized spacial score (nSPS) is 20.2. The van der Waals surface area contributed by atoms with Crippen LogP contribution in [-0.2, 0) is 14.6 Å². The van der Waals surface area contributed by atoms with Crippen molar-refractivity contribution < 1.29 is 27.5 Å². The van der Waals surface area contributed by atoms with E-state index in [1.54, 1.807) is 30.3 Å². The van der Waals surface area contributed by atoms with Crippen LogP contribution in [0.4, 0.5) is 5.69 Å². The van der Waals surface area contributed by atoms with Crippen molar-refractivity contribution in [3.05, 3.63) is 48.0 Å². The van der Waals surface area contributed by atoms with E-state index in [1.165, 1.54) is 12.1 Å². The maximum absolute atomic E-state index is 12.6. The Labute approximate surface area is 180 Å². The highest BCUT2D eigenvalue weighted by Gasteiger charge is 2.28. The number of carbonyl (C=O) groups is 2. The smallest absolute Gasteiger partial charge is 0.251 e. The Morgan fingerprint density at radius 1 is 0.968 bits per heavy atom. The summed E-state index contributed by atoms with van der Waals surface area (Å²) in [5.41, 5.74) is 0.973. The van der Waals surface area contributed by atoms with Crippen LogP contribution in [0.2, 0.25) is 0 Å². The Morgan fingerprint density at radius 2 is 1.71 bits per heavy atom. The van der Waals surface area contributed by atoms with Gasteiger partial charge in [-0.3, -0.25) is 9.59 Å². The molecule has 9 heteroatoms. The average Bonchev–Trinajstić information content (AvgIpc) is 3.21. The molecule has 2 amide bonds. The standard InChI is InChI=1S/C22H24N2O6S/c1-31(27,28)18-4-2-3-17(12-18)24-21(25)14-5-8-16(9-6-14)23-22(26)15-7-10-19-20(11-15)30-13-29-19/h2-4,7,10-12,14,16H,5-6,8-9,13H2,1H3,(H,23,26)(H,24,25). The van der Waals surface area contributed by atoms with Crippen molar-refractivity contribution in [2.45, 2.75) is 36.6 Å². The largest absolute Gasteiger partial charge is 0.454 e. The van der Waals surface area contributed by atoms with E-state index in [0.717, 1.165) is 6.26 Å². The van der Waals surface area contributed by atoms with Crippen LogP contribution in [0.25, 0.3) is 0 Å². The van der Waals surface area contributed by atoms with Gasteiger partial charge in [0.15, 0.2) is 21.3 Å². The molecule has 0 radical (unpaired) electrons. The average molecular weight is 445 g/mol. The molecule has 2 aromatic carbocycles.